The largest absolute Gasteiger partial charge is 0.497 e. The number of fused-ring (bicyclic) bond motifs is 5. The first kappa shape index (κ1) is 52.4. The topological polar surface area (TPSA) is 249 Å². The Morgan fingerprint density at radius 1 is 1.08 bits per heavy atom. The molecule has 4 N–H and O–H groups in total. The summed E-state index contributed by atoms with van der Waals surface area (Å²) >= 11 is 0. The van der Waals surface area contributed by atoms with Crippen molar-refractivity contribution < 1.29 is 82.0 Å². The first-order valence-electron chi connectivity index (χ1n) is 21.3. The van der Waals surface area contributed by atoms with Gasteiger partial charge in [0.2, 0.25) is 0 Å². The van der Waals surface area contributed by atoms with Crippen LogP contribution < -0.4 is 14.8 Å². The molecule has 1 aromatic rings. The Bertz CT molecular complexity index is 2160. The van der Waals surface area contributed by atoms with E-state index in [9.17, 15) is 39.3 Å². The molecule has 364 valence electrons. The average Bonchev–Trinajstić information content (AvgIpc) is 3.23. The summed E-state index contributed by atoms with van der Waals surface area (Å²) < 4.78 is 46.6. The lowest BCUT2D eigenvalue weighted by molar-refractivity contribution is -0.338. The van der Waals surface area contributed by atoms with E-state index in [0.717, 1.165) is 6.92 Å². The summed E-state index contributed by atoms with van der Waals surface area (Å²) in [5.74, 6) is -6.16. The van der Waals surface area contributed by atoms with Gasteiger partial charge in [-0.05, 0) is 84.1 Å². The van der Waals surface area contributed by atoms with Crippen molar-refractivity contribution in [1.82, 2.24) is 5.32 Å². The van der Waals surface area contributed by atoms with Gasteiger partial charge in [-0.2, -0.15) is 0 Å². The number of allylic oxidation sites excluding steroid dienone is 1. The maximum Gasteiger partial charge on any atom is 0.408 e. The van der Waals surface area contributed by atoms with Gasteiger partial charge in [0.25, 0.3) is 0 Å². The minimum atomic E-state index is -2.61. The average molecular weight is 964 g/mol. The first-order chi connectivity index (χ1) is 30.8. The molecule has 2 bridgehead atoms. The van der Waals surface area contributed by atoms with Gasteiger partial charge in [-0.15, -0.1) is 0 Å². The van der Waals surface area contributed by atoms with Crippen LogP contribution in [-0.4, -0.2) is 143 Å². The van der Waals surface area contributed by atoms with Crippen molar-refractivity contribution in [2.75, 3.05) is 32.8 Å². The summed E-state index contributed by atoms with van der Waals surface area (Å²) in [6.07, 6.45) is -9.16. The van der Waals surface area contributed by atoms with E-state index in [2.05, 4.69) is 11.9 Å². The van der Waals surface area contributed by atoms with Crippen molar-refractivity contribution in [2.45, 2.75) is 134 Å². The van der Waals surface area contributed by atoms with Gasteiger partial charge in [-0.3, -0.25) is 14.4 Å². The predicted octanol–water partition coefficient (Wildman–Crippen LogP) is 4.35. The molecule has 4 aliphatic rings. The molecule has 1 aromatic carbocycles. The minimum Gasteiger partial charge on any atom is -0.497 e. The van der Waals surface area contributed by atoms with Gasteiger partial charge in [0.05, 0.1) is 50.7 Å². The van der Waals surface area contributed by atoms with Gasteiger partial charge in [-0.25, -0.2) is 14.4 Å². The minimum absolute atomic E-state index is 0.0259. The maximum atomic E-state index is 15.7. The smallest absolute Gasteiger partial charge is 0.408 e. The molecule has 0 aromatic heterocycles. The van der Waals surface area contributed by atoms with Crippen LogP contribution in [0.5, 0.6) is 11.5 Å². The summed E-state index contributed by atoms with van der Waals surface area (Å²) in [5.41, 5.74) is -7.58. The van der Waals surface area contributed by atoms with Crippen molar-refractivity contribution in [3.05, 3.63) is 58.7 Å². The normalized spacial score (nSPS) is 30.0. The predicted molar refractivity (Wildman–Crippen MR) is 241 cm³/mol. The number of benzene rings is 1. The molecule has 1 heterocycles. The highest BCUT2D eigenvalue weighted by atomic mass is 33.1. The zero-order chi connectivity index (χ0) is 49.3. The molecular formula is C46H61NO17S2. The zero-order valence-corrected chi connectivity index (χ0v) is 40.7. The Kier molecular flexibility index (Phi) is 16.1. The number of ether oxygens (including phenoxy) is 8. The number of ketones is 1. The van der Waals surface area contributed by atoms with Crippen molar-refractivity contribution >= 4 is 57.3 Å². The Balaban J connectivity index is 1.75. The van der Waals surface area contributed by atoms with E-state index in [1.807, 2.05) is 6.26 Å². The maximum absolute atomic E-state index is 15.7. The summed E-state index contributed by atoms with van der Waals surface area (Å²) in [5, 5.41) is 39.7. The van der Waals surface area contributed by atoms with Crippen molar-refractivity contribution in [2.24, 2.45) is 11.3 Å². The summed E-state index contributed by atoms with van der Waals surface area (Å²) in [4.78, 5) is 84.2. The molecule has 5 rings (SSSR count). The van der Waals surface area contributed by atoms with Crippen LogP contribution in [-0.2, 0) is 47.6 Å². The van der Waals surface area contributed by atoms with Crippen LogP contribution >= 0.6 is 21.6 Å². The lowest BCUT2D eigenvalue weighted by Gasteiger charge is -2.65. The van der Waals surface area contributed by atoms with Crippen molar-refractivity contribution in [1.29, 1.82) is 0 Å². The number of rotatable bonds is 15. The van der Waals surface area contributed by atoms with Crippen LogP contribution in [0.1, 0.15) is 85.0 Å². The number of carbonyl (C=O) groups excluding carboxylic acids is 6. The molecule has 0 radical (unpaired) electrons. The fourth-order valence-electron chi connectivity index (χ4n) is 9.28. The van der Waals surface area contributed by atoms with E-state index in [4.69, 9.17) is 37.9 Å². The zero-order valence-electron chi connectivity index (χ0n) is 39.0. The van der Waals surface area contributed by atoms with Crippen LogP contribution in [0.15, 0.2) is 53.1 Å². The van der Waals surface area contributed by atoms with E-state index >= 15 is 4.79 Å². The second-order valence-electron chi connectivity index (χ2n) is 18.2. The second-order valence-corrected chi connectivity index (χ2v) is 20.9. The van der Waals surface area contributed by atoms with E-state index in [-0.39, 0.29) is 59.0 Å². The molecule has 66 heavy (non-hydrogen) atoms. The molecule has 1 amide bonds. The number of amides is 1. The first-order valence-corrected chi connectivity index (χ1v) is 24.0. The monoisotopic (exact) mass is 963 g/mol. The van der Waals surface area contributed by atoms with Gasteiger partial charge >= 0.3 is 30.0 Å². The molecular weight excluding hydrogens is 903 g/mol. The fraction of sp³-hybridized carbons (Fsp3) is 0.609. The molecule has 3 fully saturated rings. The third kappa shape index (κ3) is 10.3. The molecule has 3 aliphatic carbocycles. The second kappa shape index (κ2) is 20.3. The van der Waals surface area contributed by atoms with Gasteiger partial charge in [0.15, 0.2) is 23.6 Å². The number of methoxy groups -OCH3 is 2. The third-order valence-corrected chi connectivity index (χ3v) is 14.2. The highest BCUT2D eigenvalue weighted by molar-refractivity contribution is 8.76. The molecule has 1 aliphatic heterocycles. The fourth-order valence-corrected chi connectivity index (χ4v) is 10.4. The molecule has 18 nitrogen and oxygen atoms in total. The summed E-state index contributed by atoms with van der Waals surface area (Å²) in [7, 11) is 5.44. The molecule has 1 saturated heterocycles. The number of aliphatic hydroxyl groups is 3. The quantitative estimate of drug-likeness (QED) is 0.0627. The lowest BCUT2D eigenvalue weighted by atomic mass is 9.47. The molecule has 20 heteroatoms. The highest BCUT2D eigenvalue weighted by Gasteiger charge is 2.76. The SMILES string of the molecule is C=C1C2=C(C)[C@@H](OC(=O)[C@H](O)[C@H](C=C(C)C)NC(=O)OC(C)(C)C)C[C@@]1(O)[C@@H](OC(=O)c1cc(OC)ccc1OC)[C@@H]1[C@]3(OC(C)=O)CO[C@@H]3C[C@H](O)[C@@]1(C)C(=O)[C@@H]2OC(=O)CCSSC. The van der Waals surface area contributed by atoms with E-state index < -0.39 is 113 Å². The van der Waals surface area contributed by atoms with Crippen LogP contribution in [0.4, 0.5) is 4.79 Å². The standard InChI is InChI=1S/C46H61NO17S2/c1-22(2)17-28(47-42(55)64-43(6,7)8)35(51)41(54)60-30-20-45(56)24(4)34(23(30)3)36(61-33(50)15-16-66-65-12)38(52)44(9)31(49)19-32-46(21-59-32,63-25(5)48)37(44)39(45)62-40(53)27-18-26(57-10)13-14-29(27)58-11/h13-14,17-18,28,30-32,35-37,39,49,51,56H,4,15-16,19-21H2,1-3,5-12H3,(H,47,55)/t28-,30-,31-,32+,35+,36+,37-,39-,44+,45-,46-/m0/s1. The molecule has 2 saturated carbocycles. The Labute approximate surface area is 391 Å². The number of hydrogen-bond acceptors (Lipinski definition) is 19. The van der Waals surface area contributed by atoms with Crippen LogP contribution in [0.2, 0.25) is 0 Å². The Hall–Kier alpha value is -4.60. The number of aliphatic hydroxyl groups excluding tert-OH is 2. The van der Waals surface area contributed by atoms with Gasteiger partial charge < -0.3 is 58.5 Å². The number of nitrogens with one attached hydrogen (secondary N) is 1. The Morgan fingerprint density at radius 3 is 2.32 bits per heavy atom. The molecule has 11 atom stereocenters. The summed E-state index contributed by atoms with van der Waals surface area (Å²) in [6.45, 7) is 16.0. The van der Waals surface area contributed by atoms with Crippen molar-refractivity contribution in [3.63, 3.8) is 0 Å². The number of esters is 4. The number of Topliss-reactive ketones (excluding diaryl/α,β-unsaturated/α-hetero) is 1. The van der Waals surface area contributed by atoms with Crippen LogP contribution in [0, 0.1) is 11.3 Å². The van der Waals surface area contributed by atoms with Crippen molar-refractivity contribution in [3.8, 4) is 11.5 Å². The molecule has 0 unspecified atom stereocenters. The van der Waals surface area contributed by atoms with Crippen LogP contribution in [0.3, 0.4) is 0 Å². The van der Waals surface area contributed by atoms with Crippen LogP contribution in [0.25, 0.3) is 0 Å². The molecule has 0 spiro atoms. The number of carbonyl (C=O) groups is 6. The van der Waals surface area contributed by atoms with E-state index in [1.54, 1.807) is 34.6 Å². The Morgan fingerprint density at radius 2 is 1.76 bits per heavy atom. The number of alkyl carbamates (subject to hydrolysis) is 1. The van der Waals surface area contributed by atoms with Gasteiger partial charge in [-0.1, -0.05) is 39.8 Å². The number of hydrogen-bond donors (Lipinski definition) is 4. The third-order valence-electron chi connectivity index (χ3n) is 12.4. The summed E-state index contributed by atoms with van der Waals surface area (Å²) in [6, 6.07) is 2.90. The van der Waals surface area contributed by atoms with Gasteiger partial charge in [0, 0.05) is 31.1 Å². The highest BCUT2D eigenvalue weighted by Crippen LogP contribution is 2.62. The van der Waals surface area contributed by atoms with Gasteiger partial charge in [0.1, 0.15) is 46.6 Å². The van der Waals surface area contributed by atoms with E-state index in [0.29, 0.717) is 5.57 Å². The van der Waals surface area contributed by atoms with E-state index in [1.165, 1.54) is 73.9 Å². The lowest BCUT2D eigenvalue weighted by Crippen LogP contribution is -2.80.